The first-order chi connectivity index (χ1) is 11.9. The summed E-state index contributed by atoms with van der Waals surface area (Å²) in [6, 6.07) is 5.91. The van der Waals surface area contributed by atoms with Gasteiger partial charge in [-0.25, -0.2) is 4.98 Å². The molecule has 0 unspecified atom stereocenters. The van der Waals surface area contributed by atoms with E-state index in [4.69, 9.17) is 5.73 Å². The molecule has 0 spiro atoms. The van der Waals surface area contributed by atoms with Gasteiger partial charge in [0.1, 0.15) is 5.69 Å². The van der Waals surface area contributed by atoms with Crippen LogP contribution in [0.5, 0.6) is 0 Å². The molecule has 5 nitrogen and oxygen atoms in total. The number of benzene rings is 1. The SMILES string of the molecule is CC(C)(C)N.O=C(NCc1ccc(CC(F)(F)F)cc1)c1cnccn1. The first kappa shape index (κ1) is 21.6. The first-order valence-electron chi connectivity index (χ1n) is 7.92. The molecule has 2 aromatic rings. The summed E-state index contributed by atoms with van der Waals surface area (Å²) in [5.74, 6) is -0.387. The van der Waals surface area contributed by atoms with Gasteiger partial charge in [0.2, 0.25) is 0 Å². The molecule has 142 valence electrons. The molecule has 26 heavy (non-hydrogen) atoms. The Hall–Kier alpha value is -2.48. The third kappa shape index (κ3) is 10.4. The van der Waals surface area contributed by atoms with Gasteiger partial charge in [0.25, 0.3) is 5.91 Å². The highest BCUT2D eigenvalue weighted by atomic mass is 19.4. The molecule has 0 saturated carbocycles. The van der Waals surface area contributed by atoms with Crippen LogP contribution in [0, 0.1) is 0 Å². The quantitative estimate of drug-likeness (QED) is 0.868. The Bertz CT molecular complexity index is 674. The molecule has 2 rings (SSSR count). The minimum absolute atomic E-state index is 0. The number of halogens is 3. The molecule has 0 saturated heterocycles. The lowest BCUT2D eigenvalue weighted by Gasteiger charge is -2.08. The fourth-order valence-electron chi connectivity index (χ4n) is 1.70. The van der Waals surface area contributed by atoms with E-state index in [0.717, 1.165) is 0 Å². The zero-order valence-corrected chi connectivity index (χ0v) is 15.0. The molecule has 3 N–H and O–H groups in total. The topological polar surface area (TPSA) is 80.9 Å². The molecule has 1 heterocycles. The lowest BCUT2D eigenvalue weighted by molar-refractivity contribution is -0.127. The number of rotatable bonds is 4. The van der Waals surface area contributed by atoms with Crippen molar-refractivity contribution in [3.63, 3.8) is 0 Å². The predicted octanol–water partition coefficient (Wildman–Crippen LogP) is 3.26. The standard InChI is InChI=1S/C14H12F3N3O.C4H11N/c15-14(16,17)7-10-1-3-11(4-2-10)8-20-13(21)12-9-18-5-6-19-12;1-4(2,3)5/h1-6,9H,7-8H2,(H,20,21);5H2,1-3H3. The van der Waals surface area contributed by atoms with Gasteiger partial charge in [-0.05, 0) is 31.9 Å². The van der Waals surface area contributed by atoms with Crippen molar-refractivity contribution in [3.8, 4) is 0 Å². The number of aromatic nitrogens is 2. The van der Waals surface area contributed by atoms with Crippen LogP contribution < -0.4 is 11.1 Å². The van der Waals surface area contributed by atoms with Crippen molar-refractivity contribution in [3.05, 3.63) is 59.7 Å². The van der Waals surface area contributed by atoms with E-state index in [1.165, 1.54) is 30.7 Å². The Labute approximate surface area is 150 Å². The van der Waals surface area contributed by atoms with Crippen LogP contribution in [0.15, 0.2) is 42.9 Å². The van der Waals surface area contributed by atoms with Crippen molar-refractivity contribution in [2.24, 2.45) is 5.73 Å². The van der Waals surface area contributed by atoms with Gasteiger partial charge >= 0.3 is 6.18 Å². The summed E-state index contributed by atoms with van der Waals surface area (Å²) in [5.41, 5.74) is 6.43. The first-order valence-corrected chi connectivity index (χ1v) is 7.92. The molecule has 8 heteroatoms. The van der Waals surface area contributed by atoms with E-state index in [1.54, 1.807) is 12.1 Å². The molecular formula is C18H23F3N4O. The van der Waals surface area contributed by atoms with Gasteiger partial charge in [0.15, 0.2) is 0 Å². The summed E-state index contributed by atoms with van der Waals surface area (Å²) in [6.45, 7) is 6.11. The van der Waals surface area contributed by atoms with Gasteiger partial charge in [-0.1, -0.05) is 24.3 Å². The molecule has 0 fully saturated rings. The lowest BCUT2D eigenvalue weighted by Crippen LogP contribution is -2.26. The van der Waals surface area contributed by atoms with E-state index in [-0.39, 0.29) is 29.2 Å². The third-order valence-electron chi connectivity index (χ3n) is 2.68. The van der Waals surface area contributed by atoms with Gasteiger partial charge < -0.3 is 11.1 Å². The van der Waals surface area contributed by atoms with E-state index >= 15 is 0 Å². The predicted molar refractivity (Wildman–Crippen MR) is 93.3 cm³/mol. The summed E-state index contributed by atoms with van der Waals surface area (Å²) in [7, 11) is 0. The van der Waals surface area contributed by atoms with E-state index in [0.29, 0.717) is 5.56 Å². The Balaban J connectivity index is 0.000000597. The zero-order valence-electron chi connectivity index (χ0n) is 15.0. The fourth-order valence-corrected chi connectivity index (χ4v) is 1.70. The van der Waals surface area contributed by atoms with Crippen molar-refractivity contribution in [1.82, 2.24) is 15.3 Å². The minimum Gasteiger partial charge on any atom is -0.347 e. The van der Waals surface area contributed by atoms with Crippen molar-refractivity contribution >= 4 is 5.91 Å². The number of alkyl halides is 3. The number of nitrogens with two attached hydrogens (primary N) is 1. The number of nitrogens with zero attached hydrogens (tertiary/aromatic N) is 2. The Morgan fingerprint density at radius 2 is 1.62 bits per heavy atom. The lowest BCUT2D eigenvalue weighted by atomic mass is 10.1. The van der Waals surface area contributed by atoms with Crippen LogP contribution >= 0.6 is 0 Å². The van der Waals surface area contributed by atoms with E-state index in [9.17, 15) is 18.0 Å². The van der Waals surface area contributed by atoms with Crippen LogP contribution in [-0.2, 0) is 13.0 Å². The van der Waals surface area contributed by atoms with E-state index < -0.39 is 12.6 Å². The Kier molecular flexibility index (Phi) is 7.70. The van der Waals surface area contributed by atoms with Gasteiger partial charge in [-0.3, -0.25) is 9.78 Å². The number of carbonyl (C=O) groups is 1. The number of carbonyl (C=O) groups excluding carboxylic acids is 1. The number of hydrogen-bond acceptors (Lipinski definition) is 4. The molecule has 0 aliphatic heterocycles. The second-order valence-corrected chi connectivity index (χ2v) is 6.75. The second-order valence-electron chi connectivity index (χ2n) is 6.75. The summed E-state index contributed by atoms with van der Waals surface area (Å²) >= 11 is 0. The van der Waals surface area contributed by atoms with Gasteiger partial charge in [-0.15, -0.1) is 0 Å². The van der Waals surface area contributed by atoms with Crippen molar-refractivity contribution in [2.75, 3.05) is 0 Å². The number of nitrogens with one attached hydrogen (secondary N) is 1. The summed E-state index contributed by atoms with van der Waals surface area (Å²) in [6.07, 6.45) is -0.986. The Morgan fingerprint density at radius 1 is 1.08 bits per heavy atom. The van der Waals surface area contributed by atoms with E-state index in [2.05, 4.69) is 15.3 Å². The van der Waals surface area contributed by atoms with Gasteiger partial charge in [0, 0.05) is 24.5 Å². The van der Waals surface area contributed by atoms with Crippen LogP contribution in [-0.4, -0.2) is 27.6 Å². The number of hydrogen-bond donors (Lipinski definition) is 2. The third-order valence-corrected chi connectivity index (χ3v) is 2.68. The zero-order chi connectivity index (χ0) is 19.8. The largest absolute Gasteiger partial charge is 0.393 e. The highest BCUT2D eigenvalue weighted by Gasteiger charge is 2.27. The van der Waals surface area contributed by atoms with Crippen LogP contribution in [0.3, 0.4) is 0 Å². The summed E-state index contributed by atoms with van der Waals surface area (Å²) < 4.78 is 36.6. The Morgan fingerprint density at radius 3 is 2.08 bits per heavy atom. The van der Waals surface area contributed by atoms with E-state index in [1.807, 2.05) is 20.8 Å². The maximum absolute atomic E-state index is 12.2. The van der Waals surface area contributed by atoms with Crippen molar-refractivity contribution in [1.29, 1.82) is 0 Å². The normalized spacial score (nSPS) is 11.3. The van der Waals surface area contributed by atoms with Crippen LogP contribution in [0.4, 0.5) is 13.2 Å². The second kappa shape index (κ2) is 9.28. The monoisotopic (exact) mass is 368 g/mol. The van der Waals surface area contributed by atoms with Crippen LogP contribution in [0.2, 0.25) is 0 Å². The molecule has 1 aromatic carbocycles. The average Bonchev–Trinajstić information content (AvgIpc) is 2.52. The van der Waals surface area contributed by atoms with Crippen molar-refractivity contribution < 1.29 is 18.0 Å². The maximum atomic E-state index is 12.2. The minimum atomic E-state index is -4.22. The number of amides is 1. The van der Waals surface area contributed by atoms with Crippen molar-refractivity contribution in [2.45, 2.75) is 45.5 Å². The molecule has 0 aliphatic carbocycles. The van der Waals surface area contributed by atoms with Crippen LogP contribution in [0.1, 0.15) is 42.4 Å². The maximum Gasteiger partial charge on any atom is 0.393 e. The molecule has 0 atom stereocenters. The molecular weight excluding hydrogens is 345 g/mol. The average molecular weight is 368 g/mol. The molecule has 1 amide bonds. The van der Waals surface area contributed by atoms with Gasteiger partial charge in [0.05, 0.1) is 12.6 Å². The highest BCUT2D eigenvalue weighted by molar-refractivity contribution is 5.91. The molecule has 0 radical (unpaired) electrons. The fraction of sp³-hybridized carbons (Fsp3) is 0.389. The van der Waals surface area contributed by atoms with Crippen LogP contribution in [0.25, 0.3) is 0 Å². The summed E-state index contributed by atoms with van der Waals surface area (Å²) in [5, 5.41) is 2.62. The molecule has 0 aliphatic rings. The molecule has 1 aromatic heterocycles. The van der Waals surface area contributed by atoms with Gasteiger partial charge in [-0.2, -0.15) is 13.2 Å². The molecule has 0 bridgehead atoms. The smallest absolute Gasteiger partial charge is 0.347 e. The highest BCUT2D eigenvalue weighted by Crippen LogP contribution is 2.21. The summed E-state index contributed by atoms with van der Waals surface area (Å²) in [4.78, 5) is 19.3.